The molecule has 2 aromatic heterocycles. The van der Waals surface area contributed by atoms with Crippen molar-refractivity contribution in [1.29, 1.82) is 0 Å². The molecular weight excluding hydrogens is 252 g/mol. The Morgan fingerprint density at radius 3 is 2.65 bits per heavy atom. The molecule has 0 radical (unpaired) electrons. The van der Waals surface area contributed by atoms with Gasteiger partial charge in [0.1, 0.15) is 5.15 Å². The molecule has 0 amide bonds. The van der Waals surface area contributed by atoms with Crippen molar-refractivity contribution in [3.63, 3.8) is 0 Å². The smallest absolute Gasteiger partial charge is 0.171 e. The van der Waals surface area contributed by atoms with Gasteiger partial charge in [-0.15, -0.1) is 11.3 Å². The molecule has 0 aliphatic carbocycles. The summed E-state index contributed by atoms with van der Waals surface area (Å²) in [4.78, 5) is 11.2. The van der Waals surface area contributed by atoms with Gasteiger partial charge in [-0.3, -0.25) is 0 Å². The summed E-state index contributed by atoms with van der Waals surface area (Å²) in [5, 5.41) is 1.41. The topological polar surface area (TPSA) is 25.8 Å². The number of halogens is 1. The summed E-state index contributed by atoms with van der Waals surface area (Å²) in [5.74, 6) is 0.701. The largest absolute Gasteiger partial charge is 0.227 e. The lowest BCUT2D eigenvalue weighted by Crippen LogP contribution is -1.89. The van der Waals surface area contributed by atoms with Crippen molar-refractivity contribution in [1.82, 2.24) is 9.97 Å². The highest BCUT2D eigenvalue weighted by molar-refractivity contribution is 7.15. The predicted molar refractivity (Wildman–Crippen MR) is 72.6 cm³/mol. The predicted octanol–water partition coefficient (Wildman–Crippen LogP) is 4.32. The Morgan fingerprint density at radius 1 is 1.06 bits per heavy atom. The number of nitrogens with zero attached hydrogens (tertiary/aromatic N) is 2. The Bertz CT molecular complexity index is 691. The van der Waals surface area contributed by atoms with E-state index >= 15 is 0 Å². The highest BCUT2D eigenvalue weighted by atomic mass is 35.5. The number of hydrogen-bond acceptors (Lipinski definition) is 3. The number of aromatic nitrogens is 2. The van der Waals surface area contributed by atoms with Gasteiger partial charge in [0.05, 0.1) is 10.4 Å². The summed E-state index contributed by atoms with van der Waals surface area (Å²) >= 11 is 7.85. The van der Waals surface area contributed by atoms with Gasteiger partial charge in [0.2, 0.25) is 0 Å². The normalized spacial score (nSPS) is 10.9. The summed E-state index contributed by atoms with van der Waals surface area (Å²) in [6, 6.07) is 11.9. The molecule has 0 saturated heterocycles. The zero-order valence-electron chi connectivity index (χ0n) is 9.14. The average molecular weight is 261 g/mol. The third-order valence-corrected chi connectivity index (χ3v) is 3.80. The van der Waals surface area contributed by atoms with Crippen LogP contribution in [-0.4, -0.2) is 9.97 Å². The van der Waals surface area contributed by atoms with Gasteiger partial charge < -0.3 is 0 Å². The van der Waals surface area contributed by atoms with E-state index in [9.17, 15) is 0 Å². The summed E-state index contributed by atoms with van der Waals surface area (Å²) in [6.45, 7) is 2.07. The first-order valence-corrected chi connectivity index (χ1v) is 6.42. The minimum absolute atomic E-state index is 0.511. The van der Waals surface area contributed by atoms with E-state index in [1.165, 1.54) is 4.88 Å². The van der Waals surface area contributed by atoms with Gasteiger partial charge in [0, 0.05) is 10.3 Å². The van der Waals surface area contributed by atoms with E-state index in [4.69, 9.17) is 11.6 Å². The zero-order chi connectivity index (χ0) is 11.8. The van der Waals surface area contributed by atoms with Gasteiger partial charge in [-0.05, 0) is 31.2 Å². The quantitative estimate of drug-likeness (QED) is 0.609. The number of rotatable bonds is 1. The maximum Gasteiger partial charge on any atom is 0.171 e. The second-order valence-electron chi connectivity index (χ2n) is 3.77. The van der Waals surface area contributed by atoms with Gasteiger partial charge in [-0.25, -0.2) is 9.97 Å². The highest BCUT2D eigenvalue weighted by Crippen LogP contribution is 2.28. The van der Waals surface area contributed by atoms with Gasteiger partial charge in [0.25, 0.3) is 0 Å². The van der Waals surface area contributed by atoms with Gasteiger partial charge in [0.15, 0.2) is 5.82 Å². The summed E-state index contributed by atoms with van der Waals surface area (Å²) in [6.07, 6.45) is 0. The second kappa shape index (κ2) is 4.09. The molecule has 4 heteroatoms. The van der Waals surface area contributed by atoms with E-state index in [2.05, 4.69) is 23.0 Å². The lowest BCUT2D eigenvalue weighted by molar-refractivity contribution is 1.24. The molecule has 0 N–H and O–H groups in total. The van der Waals surface area contributed by atoms with E-state index in [0.717, 1.165) is 15.8 Å². The van der Waals surface area contributed by atoms with E-state index < -0.39 is 0 Å². The van der Waals surface area contributed by atoms with Crippen LogP contribution in [0.4, 0.5) is 0 Å². The first-order chi connectivity index (χ1) is 8.24. The Hall–Kier alpha value is -1.45. The molecule has 0 saturated carbocycles. The molecule has 17 heavy (non-hydrogen) atoms. The minimum atomic E-state index is 0.511. The molecule has 3 aromatic rings. The van der Waals surface area contributed by atoms with Crippen LogP contribution in [0.1, 0.15) is 4.88 Å². The standard InChI is InChI=1S/C13H9ClN2S/c1-8-6-7-11(17-8)13-15-10-5-3-2-4-9(10)12(14)16-13/h2-7H,1H3. The fourth-order valence-corrected chi connectivity index (χ4v) is 2.74. The van der Waals surface area contributed by atoms with E-state index in [0.29, 0.717) is 11.0 Å². The molecule has 2 nitrogen and oxygen atoms in total. The third kappa shape index (κ3) is 1.92. The number of hydrogen-bond donors (Lipinski definition) is 0. The van der Waals surface area contributed by atoms with Crippen molar-refractivity contribution in [2.75, 3.05) is 0 Å². The Kier molecular flexibility index (Phi) is 2.57. The number of para-hydroxylation sites is 1. The fourth-order valence-electron chi connectivity index (χ4n) is 1.70. The summed E-state index contributed by atoms with van der Waals surface area (Å²) in [7, 11) is 0. The Labute approximate surface area is 108 Å². The van der Waals surface area contributed by atoms with Crippen LogP contribution in [0.5, 0.6) is 0 Å². The van der Waals surface area contributed by atoms with E-state index in [-0.39, 0.29) is 0 Å². The molecule has 1 aromatic carbocycles. The average Bonchev–Trinajstić information content (AvgIpc) is 2.76. The molecule has 0 unspecified atom stereocenters. The van der Waals surface area contributed by atoms with Gasteiger partial charge in [-0.1, -0.05) is 23.7 Å². The Morgan fingerprint density at radius 2 is 1.88 bits per heavy atom. The number of aryl methyl sites for hydroxylation is 1. The van der Waals surface area contributed by atoms with Crippen molar-refractivity contribution in [2.45, 2.75) is 6.92 Å². The Balaban J connectivity index is 2.25. The lowest BCUT2D eigenvalue weighted by atomic mass is 10.2. The SMILES string of the molecule is Cc1ccc(-c2nc(Cl)c3ccccc3n2)s1. The van der Waals surface area contributed by atoms with Crippen LogP contribution in [0.15, 0.2) is 36.4 Å². The van der Waals surface area contributed by atoms with Gasteiger partial charge >= 0.3 is 0 Å². The van der Waals surface area contributed by atoms with Crippen molar-refractivity contribution in [3.05, 3.63) is 46.4 Å². The lowest BCUT2D eigenvalue weighted by Gasteiger charge is -2.02. The number of fused-ring (bicyclic) bond motifs is 1. The molecule has 3 rings (SSSR count). The molecule has 0 aliphatic heterocycles. The van der Waals surface area contributed by atoms with Crippen molar-refractivity contribution >= 4 is 33.8 Å². The van der Waals surface area contributed by atoms with Crippen LogP contribution >= 0.6 is 22.9 Å². The van der Waals surface area contributed by atoms with Crippen LogP contribution < -0.4 is 0 Å². The van der Waals surface area contributed by atoms with Crippen LogP contribution in [0.25, 0.3) is 21.6 Å². The van der Waals surface area contributed by atoms with Crippen molar-refractivity contribution in [2.24, 2.45) is 0 Å². The summed E-state index contributed by atoms with van der Waals surface area (Å²) < 4.78 is 0. The van der Waals surface area contributed by atoms with E-state index in [1.54, 1.807) is 11.3 Å². The zero-order valence-corrected chi connectivity index (χ0v) is 10.7. The van der Waals surface area contributed by atoms with Crippen molar-refractivity contribution in [3.8, 4) is 10.7 Å². The second-order valence-corrected chi connectivity index (χ2v) is 5.41. The molecular formula is C13H9ClN2S. The molecule has 2 heterocycles. The first kappa shape index (κ1) is 10.7. The minimum Gasteiger partial charge on any atom is -0.227 e. The maximum atomic E-state index is 6.17. The fraction of sp³-hybridized carbons (Fsp3) is 0.0769. The van der Waals surface area contributed by atoms with Crippen LogP contribution in [0.2, 0.25) is 5.15 Å². The highest BCUT2D eigenvalue weighted by Gasteiger charge is 2.08. The number of thiophene rings is 1. The van der Waals surface area contributed by atoms with Crippen LogP contribution in [0, 0.1) is 6.92 Å². The molecule has 0 spiro atoms. The third-order valence-electron chi connectivity index (χ3n) is 2.52. The van der Waals surface area contributed by atoms with Gasteiger partial charge in [-0.2, -0.15) is 0 Å². The first-order valence-electron chi connectivity index (χ1n) is 5.23. The molecule has 0 bridgehead atoms. The van der Waals surface area contributed by atoms with Crippen LogP contribution in [0.3, 0.4) is 0 Å². The summed E-state index contributed by atoms with van der Waals surface area (Å²) in [5.41, 5.74) is 0.883. The van der Waals surface area contributed by atoms with Crippen LogP contribution in [-0.2, 0) is 0 Å². The maximum absolute atomic E-state index is 6.17. The van der Waals surface area contributed by atoms with E-state index in [1.807, 2.05) is 30.3 Å². The molecule has 84 valence electrons. The molecule has 0 fully saturated rings. The molecule has 0 aliphatic rings. The van der Waals surface area contributed by atoms with Crippen molar-refractivity contribution < 1.29 is 0 Å². The monoisotopic (exact) mass is 260 g/mol. The molecule has 0 atom stereocenters. The number of benzene rings is 1.